The highest BCUT2D eigenvalue weighted by Gasteiger charge is 2.66. The van der Waals surface area contributed by atoms with E-state index in [1.165, 1.54) is 18.9 Å². The van der Waals surface area contributed by atoms with Crippen molar-refractivity contribution < 1.29 is 17.9 Å². The van der Waals surface area contributed by atoms with Gasteiger partial charge in [0.05, 0.1) is 5.75 Å². The van der Waals surface area contributed by atoms with E-state index in [1.54, 1.807) is 11.2 Å². The Hall–Kier alpha value is -0.110. The molecule has 0 unspecified atom stereocenters. The molecule has 4 atom stereocenters. The largest absolute Gasteiger partial charge is 0.373 e. The fraction of sp³-hybridized carbons (Fsp3) is 0.950. The quantitative estimate of drug-likeness (QED) is 0.596. The lowest BCUT2D eigenvalue weighted by Gasteiger charge is -2.44. The number of carbonyl (C=O) groups excluding carboxylic acids is 1. The number of carbonyl (C=O) groups is 1. The molecule has 0 saturated heterocycles. The van der Waals surface area contributed by atoms with Gasteiger partial charge in [-0.25, -0.2) is 8.42 Å². The van der Waals surface area contributed by atoms with Crippen molar-refractivity contribution in [1.29, 1.82) is 0 Å². The van der Waals surface area contributed by atoms with Crippen LogP contribution in [0.1, 0.15) is 67.7 Å². The molecule has 2 aliphatic carbocycles. The summed E-state index contributed by atoms with van der Waals surface area (Å²) in [6, 6.07) is -0.149. The van der Waals surface area contributed by atoms with Crippen molar-refractivity contribution in [2.24, 2.45) is 16.7 Å². The molecular formula is C20H37NO4S2. The number of hydrogen-bond donors (Lipinski definition) is 0. The topological polar surface area (TPSA) is 63.7 Å². The Labute approximate surface area is 170 Å². The smallest absolute Gasteiger partial charge is 0.217 e. The van der Waals surface area contributed by atoms with Crippen LogP contribution in [0.4, 0.5) is 0 Å². The molecule has 2 aliphatic rings. The van der Waals surface area contributed by atoms with Gasteiger partial charge in [-0.1, -0.05) is 25.6 Å². The van der Waals surface area contributed by atoms with Gasteiger partial charge in [0.25, 0.3) is 0 Å². The normalized spacial score (nSPS) is 31.2. The predicted molar refractivity (Wildman–Crippen MR) is 112 cm³/mol. The molecule has 5 nitrogen and oxygen atoms in total. The highest BCUT2D eigenvalue weighted by Crippen LogP contribution is 2.69. The third kappa shape index (κ3) is 3.99. The minimum atomic E-state index is -3.44. The van der Waals surface area contributed by atoms with Gasteiger partial charge in [-0.3, -0.25) is 4.79 Å². The van der Waals surface area contributed by atoms with Gasteiger partial charge in [-0.05, 0) is 65.2 Å². The van der Waals surface area contributed by atoms with Crippen LogP contribution < -0.4 is 0 Å². The maximum Gasteiger partial charge on any atom is 0.217 e. The average Bonchev–Trinajstić information content (AvgIpc) is 2.86. The molecule has 0 heterocycles. The molecule has 27 heavy (non-hydrogen) atoms. The first-order valence-electron chi connectivity index (χ1n) is 10.0. The molecule has 0 aromatic rings. The average molecular weight is 420 g/mol. The van der Waals surface area contributed by atoms with Crippen LogP contribution in [0.15, 0.2) is 0 Å². The summed E-state index contributed by atoms with van der Waals surface area (Å²) < 4.78 is 33.8. The first kappa shape index (κ1) is 23.2. The maximum atomic E-state index is 13.5. The van der Waals surface area contributed by atoms with Gasteiger partial charge in [0, 0.05) is 29.9 Å². The predicted octanol–water partition coefficient (Wildman–Crippen LogP) is 3.92. The Morgan fingerprint density at radius 1 is 1.19 bits per heavy atom. The zero-order valence-corrected chi connectivity index (χ0v) is 19.7. The summed E-state index contributed by atoms with van der Waals surface area (Å²) in [5.41, 5.74) is -0.458. The summed E-state index contributed by atoms with van der Waals surface area (Å²) in [6.07, 6.45) is 2.38. The molecule has 2 fully saturated rings. The van der Waals surface area contributed by atoms with Crippen molar-refractivity contribution in [3.8, 4) is 0 Å². The Bertz CT molecular complexity index is 651. The minimum Gasteiger partial charge on any atom is -0.373 e. The summed E-state index contributed by atoms with van der Waals surface area (Å²) >= 11 is 1.33. The third-order valence-electron chi connectivity index (χ3n) is 7.08. The van der Waals surface area contributed by atoms with Crippen LogP contribution in [-0.2, 0) is 19.6 Å². The zero-order chi connectivity index (χ0) is 20.8. The van der Waals surface area contributed by atoms with Gasteiger partial charge < -0.3 is 4.74 Å². The molecule has 7 heteroatoms. The number of ether oxygens (including phenoxy) is 1. The lowest BCUT2D eigenvalue weighted by atomic mass is 9.70. The van der Waals surface area contributed by atoms with Crippen molar-refractivity contribution in [3.63, 3.8) is 0 Å². The van der Waals surface area contributed by atoms with E-state index in [0.29, 0.717) is 5.92 Å². The van der Waals surface area contributed by atoms with Crippen molar-refractivity contribution in [2.75, 3.05) is 12.9 Å². The highest BCUT2D eigenvalue weighted by molar-refractivity contribution is 8.14. The lowest BCUT2D eigenvalue weighted by Crippen LogP contribution is -2.51. The Morgan fingerprint density at radius 2 is 1.74 bits per heavy atom. The molecule has 0 spiro atoms. The van der Waals surface area contributed by atoms with E-state index in [0.717, 1.165) is 19.3 Å². The Balaban J connectivity index is 2.38. The van der Waals surface area contributed by atoms with Crippen LogP contribution in [0.5, 0.6) is 0 Å². The van der Waals surface area contributed by atoms with Crippen molar-refractivity contribution in [3.05, 3.63) is 0 Å². The van der Waals surface area contributed by atoms with Crippen LogP contribution >= 0.6 is 11.8 Å². The van der Waals surface area contributed by atoms with Crippen molar-refractivity contribution in [2.45, 2.75) is 91.2 Å². The standard InChI is InChI=1S/C20H37NO4S2/c1-13(2)21(14(3)4)27(23,24)12-20-10-9-16(19(20,6)7)11-17(20)26-18(22)15(5)25-8/h13-17H,9-12H2,1-8H3/t15-,16-,17-,20-/m1/s1. The summed E-state index contributed by atoms with van der Waals surface area (Å²) in [4.78, 5) is 12.6. The first-order valence-corrected chi connectivity index (χ1v) is 12.5. The molecule has 0 aromatic heterocycles. The Morgan fingerprint density at radius 3 is 2.19 bits per heavy atom. The number of methoxy groups -OCH3 is 1. The van der Waals surface area contributed by atoms with E-state index < -0.39 is 16.1 Å². The molecule has 0 aromatic carbocycles. The van der Waals surface area contributed by atoms with Crippen LogP contribution in [0.3, 0.4) is 0 Å². The number of hydrogen-bond acceptors (Lipinski definition) is 5. The molecule has 0 aliphatic heterocycles. The van der Waals surface area contributed by atoms with Gasteiger partial charge in [0.1, 0.15) is 6.10 Å². The van der Waals surface area contributed by atoms with Crippen molar-refractivity contribution in [1.82, 2.24) is 4.31 Å². The van der Waals surface area contributed by atoms with Crippen LogP contribution in [0.25, 0.3) is 0 Å². The molecule has 0 N–H and O–H groups in total. The van der Waals surface area contributed by atoms with Gasteiger partial charge in [-0.15, -0.1) is 0 Å². The van der Waals surface area contributed by atoms with E-state index in [2.05, 4.69) is 13.8 Å². The van der Waals surface area contributed by atoms with Crippen LogP contribution in [0, 0.1) is 16.7 Å². The molecule has 2 bridgehead atoms. The van der Waals surface area contributed by atoms with Crippen LogP contribution in [-0.4, -0.2) is 54.1 Å². The van der Waals surface area contributed by atoms with Gasteiger partial charge >= 0.3 is 0 Å². The van der Waals surface area contributed by atoms with Gasteiger partial charge in [0.2, 0.25) is 15.1 Å². The second-order valence-electron chi connectivity index (χ2n) is 9.43. The minimum absolute atomic E-state index is 0.00667. The molecular weight excluding hydrogens is 382 g/mol. The monoisotopic (exact) mass is 419 g/mol. The SMILES string of the molecule is CO[C@H](C)C(=O)S[C@@H]1C[C@H]2CC[C@]1(CS(=O)(=O)N(C(C)C)C(C)C)C2(C)C. The summed E-state index contributed by atoms with van der Waals surface area (Å²) in [7, 11) is -1.90. The molecule has 2 rings (SSSR count). The summed E-state index contributed by atoms with van der Waals surface area (Å²) in [5, 5.41) is 0.0412. The number of rotatable bonds is 8. The number of thioether (sulfide) groups is 1. The van der Waals surface area contributed by atoms with Crippen molar-refractivity contribution >= 4 is 26.9 Å². The summed E-state index contributed by atoms with van der Waals surface area (Å²) in [6.45, 7) is 13.9. The highest BCUT2D eigenvalue weighted by atomic mass is 32.2. The second-order valence-corrected chi connectivity index (χ2v) is 12.5. The number of fused-ring (bicyclic) bond motifs is 2. The number of sulfonamides is 1. The second kappa shape index (κ2) is 7.96. The van der Waals surface area contributed by atoms with E-state index in [9.17, 15) is 13.2 Å². The van der Waals surface area contributed by atoms with Gasteiger partial charge in [0.15, 0.2) is 0 Å². The fourth-order valence-corrected chi connectivity index (χ4v) is 10.0. The van der Waals surface area contributed by atoms with E-state index >= 15 is 0 Å². The molecule has 0 radical (unpaired) electrons. The molecule has 0 amide bonds. The van der Waals surface area contributed by atoms with E-state index in [1.807, 2.05) is 27.7 Å². The molecule has 158 valence electrons. The Kier molecular flexibility index (Phi) is 6.83. The summed E-state index contributed by atoms with van der Waals surface area (Å²) in [5.74, 6) is 0.606. The first-order chi connectivity index (χ1) is 12.3. The van der Waals surface area contributed by atoms with Gasteiger partial charge in [-0.2, -0.15) is 4.31 Å². The maximum absolute atomic E-state index is 13.5. The van der Waals surface area contributed by atoms with Crippen LogP contribution in [0.2, 0.25) is 0 Å². The molecule has 2 saturated carbocycles. The zero-order valence-electron chi connectivity index (χ0n) is 18.1. The third-order valence-corrected chi connectivity index (χ3v) is 10.9. The van der Waals surface area contributed by atoms with E-state index in [4.69, 9.17) is 4.74 Å². The van der Waals surface area contributed by atoms with E-state index in [-0.39, 0.29) is 39.0 Å². The lowest BCUT2D eigenvalue weighted by molar-refractivity contribution is -0.119. The number of nitrogens with zero attached hydrogens (tertiary/aromatic N) is 1. The fourth-order valence-electron chi connectivity index (χ4n) is 5.48.